The Labute approximate surface area is 382 Å². The van der Waals surface area contributed by atoms with Crippen molar-refractivity contribution >= 4 is 23.4 Å². The Morgan fingerprint density at radius 3 is 2.31 bits per heavy atom. The molecule has 0 aromatic carbocycles. The smallest absolute Gasteiger partial charge is 0.329 e. The zero-order valence-corrected chi connectivity index (χ0v) is 39.9. The maximum Gasteiger partial charge on any atom is 0.329 e. The minimum absolute atomic E-state index is 0.0609. The third kappa shape index (κ3) is 14.1. The Morgan fingerprint density at radius 1 is 0.891 bits per heavy atom. The number of rotatable bonds is 6. The molecule has 0 aromatic heterocycles. The molecule has 13 heteroatoms. The van der Waals surface area contributed by atoms with Crippen molar-refractivity contribution in [2.45, 2.75) is 180 Å². The van der Waals surface area contributed by atoms with Gasteiger partial charge in [0.05, 0.1) is 18.3 Å². The number of cyclic esters (lactones) is 1. The van der Waals surface area contributed by atoms with Crippen LogP contribution in [-0.2, 0) is 38.1 Å². The largest absolute Gasteiger partial charge is 0.460 e. The molecule has 3 aliphatic heterocycles. The Kier molecular flexibility index (Phi) is 20.8. The van der Waals surface area contributed by atoms with Crippen LogP contribution >= 0.6 is 0 Å². The van der Waals surface area contributed by atoms with Gasteiger partial charge in [-0.25, -0.2) is 4.79 Å². The van der Waals surface area contributed by atoms with E-state index in [9.17, 15) is 34.5 Å². The molecular formula is C51H80N2O11. The Bertz CT molecular complexity index is 1710. The normalized spacial score (nSPS) is 40.8. The van der Waals surface area contributed by atoms with Crippen LogP contribution in [-0.4, -0.2) is 119 Å². The first-order chi connectivity index (χ1) is 30.3. The highest BCUT2D eigenvalue weighted by atomic mass is 16.6. The zero-order valence-electron chi connectivity index (χ0n) is 39.9. The Morgan fingerprint density at radius 2 is 1.62 bits per heavy atom. The third-order valence-corrected chi connectivity index (χ3v) is 14.4. The maximum atomic E-state index is 14.4. The number of amides is 1. The lowest BCUT2D eigenvalue weighted by Crippen LogP contribution is -2.61. The molecule has 1 saturated carbocycles. The number of ketones is 2. The number of aliphatic hydroxyl groups excluding tert-OH is 2. The summed E-state index contributed by atoms with van der Waals surface area (Å²) >= 11 is 0. The number of Topliss-reactive ketones (excluding diaryl/α,β-unsaturated/α-hetero) is 2. The van der Waals surface area contributed by atoms with Gasteiger partial charge in [0.2, 0.25) is 5.79 Å². The maximum absolute atomic E-state index is 14.4. The second-order valence-corrected chi connectivity index (χ2v) is 19.5. The van der Waals surface area contributed by atoms with E-state index in [0.29, 0.717) is 76.2 Å². The van der Waals surface area contributed by atoms with Crippen LogP contribution in [0.2, 0.25) is 0 Å². The van der Waals surface area contributed by atoms with E-state index < -0.39 is 72.0 Å². The molecule has 1 aliphatic carbocycles. The molecule has 0 aromatic rings. The monoisotopic (exact) mass is 897 g/mol. The second-order valence-electron chi connectivity index (χ2n) is 19.5. The zero-order chi connectivity index (χ0) is 47.3. The number of fused-ring (bicyclic) bond motifs is 3. The lowest BCUT2D eigenvalue weighted by atomic mass is 9.78. The number of hydrogen-bond acceptors (Lipinski definition) is 12. The van der Waals surface area contributed by atoms with Crippen molar-refractivity contribution in [1.82, 2.24) is 4.90 Å². The van der Waals surface area contributed by atoms with Crippen LogP contribution in [0, 0.1) is 35.5 Å². The molecule has 13 nitrogen and oxygen atoms in total. The van der Waals surface area contributed by atoms with Gasteiger partial charge in [-0.1, -0.05) is 75.8 Å². The van der Waals surface area contributed by atoms with Crippen LogP contribution in [0.25, 0.3) is 0 Å². The predicted molar refractivity (Wildman–Crippen MR) is 246 cm³/mol. The van der Waals surface area contributed by atoms with Crippen molar-refractivity contribution in [3.05, 3.63) is 60.3 Å². The van der Waals surface area contributed by atoms with E-state index in [1.165, 1.54) is 12.0 Å². The Balaban J connectivity index is 1.68. The molecule has 2 saturated heterocycles. The first-order valence-electron chi connectivity index (χ1n) is 23.8. The lowest BCUT2D eigenvalue weighted by molar-refractivity contribution is -0.263. The van der Waals surface area contributed by atoms with Crippen molar-refractivity contribution in [2.75, 3.05) is 20.8 Å². The molecule has 64 heavy (non-hydrogen) atoms. The van der Waals surface area contributed by atoms with Gasteiger partial charge in [-0.3, -0.25) is 14.4 Å². The van der Waals surface area contributed by atoms with Gasteiger partial charge in [0.15, 0.2) is 5.78 Å². The van der Waals surface area contributed by atoms with Crippen LogP contribution in [0.1, 0.15) is 125 Å². The first kappa shape index (κ1) is 53.3. The summed E-state index contributed by atoms with van der Waals surface area (Å²) in [6.07, 6.45) is 15.9. The van der Waals surface area contributed by atoms with Gasteiger partial charge >= 0.3 is 5.97 Å². The van der Waals surface area contributed by atoms with Crippen molar-refractivity contribution in [3.63, 3.8) is 0 Å². The van der Waals surface area contributed by atoms with E-state index in [1.54, 1.807) is 27.0 Å². The van der Waals surface area contributed by atoms with Gasteiger partial charge in [-0.15, -0.1) is 6.58 Å². The van der Waals surface area contributed by atoms with Crippen LogP contribution in [0.15, 0.2) is 60.3 Å². The SMILES string of the molecule is C=C[C@H](C[C@@H]1CC[C@@H](O)[C@H](OC)C1)[C@@H]1CC[C@H](C)/C=C(\C)[C@@H](O)[C@@H](OC)C(=O)[C@H](C)C[C@H](C)/C=C/C=C/C=C(\C)[C@H](N)C[C@@H]2CC[C@@H](C)[C@@](O)(O2)C(=O)C(=O)N2CCCC[C@H]2C(=O)O1. The number of hydrogen-bond donors (Lipinski definition) is 4. The third-order valence-electron chi connectivity index (χ3n) is 14.4. The summed E-state index contributed by atoms with van der Waals surface area (Å²) in [5, 5.41) is 33.9. The summed E-state index contributed by atoms with van der Waals surface area (Å²) in [6.45, 7) is 15.5. The van der Waals surface area contributed by atoms with Crippen molar-refractivity contribution in [2.24, 2.45) is 41.2 Å². The second kappa shape index (κ2) is 25.0. The van der Waals surface area contributed by atoms with E-state index in [-0.39, 0.29) is 54.4 Å². The number of esters is 1. The minimum Gasteiger partial charge on any atom is -0.460 e. The van der Waals surface area contributed by atoms with E-state index in [4.69, 9.17) is 24.7 Å². The molecule has 4 aliphatic rings. The standard InChI is InChI=1S/C51H80N2O11/c1-10-38(28-37-21-23-42(54)44(29-37)61-8)43-24-19-32(3)27-35(6)46(56)47(62-9)45(55)34(5)26-31(2)16-12-11-13-17-33(4)40(52)30-39-22-20-36(7)51(60,64-39)48(57)49(58)53-25-15-14-18-41(53)50(59)63-43/h10-13,16-17,27,31-32,34,36-44,46-47,54,56,60H,1,14-15,18-26,28-30,52H2,2-9H3/b13-11+,16-12+,33-17+,35-27+/t31-,32+,34-,36-,37+,38-,39+,40-,41+,42-,43+,44-,46-,47+,51-/m1/s1. The summed E-state index contributed by atoms with van der Waals surface area (Å²) < 4.78 is 23.8. The molecule has 15 atom stereocenters. The van der Waals surface area contributed by atoms with E-state index >= 15 is 0 Å². The fourth-order valence-electron chi connectivity index (χ4n) is 10.1. The molecule has 5 N–H and O–H groups in total. The lowest BCUT2D eigenvalue weighted by Gasteiger charge is -2.42. The highest BCUT2D eigenvalue weighted by Gasteiger charge is 2.53. The highest BCUT2D eigenvalue weighted by Crippen LogP contribution is 2.38. The van der Waals surface area contributed by atoms with E-state index in [2.05, 4.69) is 6.58 Å². The average molecular weight is 897 g/mol. The van der Waals surface area contributed by atoms with Crippen LogP contribution in [0.3, 0.4) is 0 Å². The summed E-state index contributed by atoms with van der Waals surface area (Å²) in [5.41, 5.74) is 8.05. The molecule has 1 amide bonds. The first-order valence-corrected chi connectivity index (χ1v) is 23.8. The molecule has 3 fully saturated rings. The van der Waals surface area contributed by atoms with Gasteiger partial charge in [0.25, 0.3) is 11.7 Å². The number of nitrogens with zero attached hydrogens (tertiary/aromatic N) is 1. The number of carbonyl (C=O) groups is 4. The fourth-order valence-corrected chi connectivity index (χ4v) is 10.1. The predicted octanol–water partition coefficient (Wildman–Crippen LogP) is 6.48. The molecule has 360 valence electrons. The van der Waals surface area contributed by atoms with Gasteiger partial charge in [0, 0.05) is 44.6 Å². The summed E-state index contributed by atoms with van der Waals surface area (Å²) in [6, 6.07) is -1.50. The molecule has 4 rings (SSSR count). The number of carbonyl (C=O) groups excluding carboxylic acids is 4. The molecule has 0 unspecified atom stereocenters. The van der Waals surface area contributed by atoms with Crippen molar-refractivity contribution in [1.29, 1.82) is 0 Å². The number of allylic oxidation sites excluding steroid dienone is 6. The molecule has 0 spiro atoms. The van der Waals surface area contributed by atoms with Gasteiger partial charge < -0.3 is 44.9 Å². The van der Waals surface area contributed by atoms with Crippen molar-refractivity contribution < 1.29 is 53.4 Å². The van der Waals surface area contributed by atoms with Gasteiger partial charge in [-0.05, 0) is 121 Å². The molecular weight excluding hydrogens is 817 g/mol. The number of nitrogens with two attached hydrogens (primary N) is 1. The quantitative estimate of drug-likeness (QED) is 0.129. The fraction of sp³-hybridized carbons (Fsp3) is 0.725. The number of aliphatic hydroxyl groups is 3. The summed E-state index contributed by atoms with van der Waals surface area (Å²) in [7, 11) is 3.03. The van der Waals surface area contributed by atoms with Gasteiger partial charge in [-0.2, -0.15) is 0 Å². The number of methoxy groups -OCH3 is 2. The Hall–Kier alpha value is -3.30. The topological polar surface area (TPSA) is 195 Å². The average Bonchev–Trinajstić information content (AvgIpc) is 3.27. The van der Waals surface area contributed by atoms with Gasteiger partial charge in [0.1, 0.15) is 24.4 Å². The van der Waals surface area contributed by atoms with E-state index in [1.807, 2.05) is 64.2 Å². The van der Waals surface area contributed by atoms with Crippen LogP contribution in [0.5, 0.6) is 0 Å². The van der Waals surface area contributed by atoms with Crippen LogP contribution in [0.4, 0.5) is 0 Å². The minimum atomic E-state index is -2.39. The molecule has 3 heterocycles. The molecule has 0 radical (unpaired) electrons. The van der Waals surface area contributed by atoms with Crippen LogP contribution < -0.4 is 5.73 Å². The number of piperidine rings is 1. The van der Waals surface area contributed by atoms with E-state index in [0.717, 1.165) is 12.0 Å². The summed E-state index contributed by atoms with van der Waals surface area (Å²) in [4.78, 5) is 57.7. The number of ether oxygens (including phenoxy) is 4. The van der Waals surface area contributed by atoms with Crippen molar-refractivity contribution in [3.8, 4) is 0 Å². The highest BCUT2D eigenvalue weighted by molar-refractivity contribution is 6.39. The summed E-state index contributed by atoms with van der Waals surface area (Å²) in [5.74, 6) is -6.50. The molecule has 2 bridgehead atoms.